The van der Waals surface area contributed by atoms with E-state index in [2.05, 4.69) is 11.1 Å². The van der Waals surface area contributed by atoms with E-state index in [4.69, 9.17) is 21.1 Å². The quantitative estimate of drug-likeness (QED) is 0.792. The minimum atomic E-state index is 0.160. The van der Waals surface area contributed by atoms with Gasteiger partial charge in [0.15, 0.2) is 11.5 Å². The summed E-state index contributed by atoms with van der Waals surface area (Å²) in [7, 11) is 0. The Morgan fingerprint density at radius 3 is 3.00 bits per heavy atom. The van der Waals surface area contributed by atoms with Gasteiger partial charge < -0.3 is 9.47 Å². The van der Waals surface area contributed by atoms with Gasteiger partial charge in [0.25, 0.3) is 0 Å². The molecule has 0 bridgehead atoms. The zero-order valence-corrected chi connectivity index (χ0v) is 11.1. The summed E-state index contributed by atoms with van der Waals surface area (Å²) >= 11 is 6.11. The van der Waals surface area contributed by atoms with Crippen LogP contribution in [-0.4, -0.2) is 11.8 Å². The Balaban J connectivity index is 2.03. The van der Waals surface area contributed by atoms with E-state index in [9.17, 15) is 5.26 Å². The van der Waals surface area contributed by atoms with Gasteiger partial charge in [-0.25, -0.2) is 0 Å². The van der Waals surface area contributed by atoms with Crippen LogP contribution < -0.4 is 9.47 Å². The minimum absolute atomic E-state index is 0.160. The van der Waals surface area contributed by atoms with Crippen molar-refractivity contribution < 1.29 is 9.47 Å². The van der Waals surface area contributed by atoms with E-state index in [0.717, 1.165) is 5.56 Å². The van der Waals surface area contributed by atoms with Gasteiger partial charge in [-0.1, -0.05) is 17.7 Å². The largest absolute Gasteiger partial charge is 0.454 e. The molecule has 20 heavy (non-hydrogen) atoms. The number of rotatable bonds is 2. The van der Waals surface area contributed by atoms with Crippen LogP contribution in [0.3, 0.4) is 0 Å². The van der Waals surface area contributed by atoms with Gasteiger partial charge in [0.2, 0.25) is 6.79 Å². The van der Waals surface area contributed by atoms with Gasteiger partial charge in [0.1, 0.15) is 6.07 Å². The van der Waals surface area contributed by atoms with Crippen molar-refractivity contribution in [1.82, 2.24) is 4.98 Å². The maximum atomic E-state index is 9.26. The molecular weight excluding hydrogens is 276 g/mol. The molecule has 1 aliphatic heterocycles. The topological polar surface area (TPSA) is 55.1 Å². The summed E-state index contributed by atoms with van der Waals surface area (Å²) in [4.78, 5) is 4.16. The number of hydrogen-bond acceptors (Lipinski definition) is 4. The lowest BCUT2D eigenvalue weighted by Crippen LogP contribution is -1.93. The molecule has 0 aliphatic carbocycles. The molecule has 0 saturated heterocycles. The average Bonchev–Trinajstić information content (AvgIpc) is 2.94. The lowest BCUT2D eigenvalue weighted by Gasteiger charge is -2.02. The highest BCUT2D eigenvalue weighted by molar-refractivity contribution is 6.32. The molecule has 98 valence electrons. The first kappa shape index (κ1) is 12.5. The first-order valence-corrected chi connectivity index (χ1v) is 6.28. The van der Waals surface area contributed by atoms with Crippen LogP contribution in [0.5, 0.6) is 11.5 Å². The molecular formula is C15H9ClN2O2. The molecule has 0 unspecified atom stereocenters. The number of nitriles is 1. The minimum Gasteiger partial charge on any atom is -0.454 e. The predicted octanol–water partition coefficient (Wildman–Crippen LogP) is 3.53. The van der Waals surface area contributed by atoms with Crippen molar-refractivity contribution in [3.63, 3.8) is 0 Å². The molecule has 3 rings (SSSR count). The molecule has 1 aromatic heterocycles. The Kier molecular flexibility index (Phi) is 3.28. The molecule has 2 heterocycles. The summed E-state index contributed by atoms with van der Waals surface area (Å²) in [6, 6.07) is 11.1. The van der Waals surface area contributed by atoms with Crippen LogP contribution in [0, 0.1) is 11.3 Å². The van der Waals surface area contributed by atoms with Gasteiger partial charge in [-0.3, -0.25) is 4.98 Å². The maximum absolute atomic E-state index is 9.26. The summed E-state index contributed by atoms with van der Waals surface area (Å²) in [5.41, 5.74) is 1.84. The molecule has 2 aromatic rings. The Morgan fingerprint density at radius 1 is 1.35 bits per heavy atom. The van der Waals surface area contributed by atoms with Crippen LogP contribution in [-0.2, 0) is 0 Å². The number of ether oxygens (including phenoxy) is 2. The fraction of sp³-hybridized carbons (Fsp3) is 0.0667. The van der Waals surface area contributed by atoms with Crippen LogP contribution >= 0.6 is 11.6 Å². The monoisotopic (exact) mass is 284 g/mol. The second kappa shape index (κ2) is 5.24. The van der Waals surface area contributed by atoms with Crippen molar-refractivity contribution >= 4 is 23.3 Å². The zero-order chi connectivity index (χ0) is 13.9. The molecule has 0 atom stereocenters. The smallest absolute Gasteiger partial charge is 0.231 e. The number of aromatic nitrogens is 1. The van der Waals surface area contributed by atoms with Crippen LogP contribution in [0.2, 0.25) is 5.02 Å². The van der Waals surface area contributed by atoms with Crippen molar-refractivity contribution in [3.8, 4) is 17.6 Å². The molecule has 1 aromatic carbocycles. The van der Waals surface area contributed by atoms with Gasteiger partial charge in [-0.05, 0) is 35.9 Å². The molecule has 0 spiro atoms. The van der Waals surface area contributed by atoms with E-state index in [1.807, 2.05) is 6.07 Å². The summed E-state index contributed by atoms with van der Waals surface area (Å²) in [5, 5.41) is 9.72. The third-order valence-corrected chi connectivity index (χ3v) is 3.10. The number of halogens is 1. The third-order valence-electron chi connectivity index (χ3n) is 2.82. The van der Waals surface area contributed by atoms with Crippen molar-refractivity contribution in [2.45, 2.75) is 0 Å². The molecule has 0 saturated carbocycles. The summed E-state index contributed by atoms with van der Waals surface area (Å²) in [6.07, 6.45) is 3.36. The van der Waals surface area contributed by atoms with Gasteiger partial charge in [-0.2, -0.15) is 5.26 Å². The number of benzene rings is 1. The predicted molar refractivity (Wildman–Crippen MR) is 75.3 cm³/mol. The lowest BCUT2D eigenvalue weighted by atomic mass is 10.1. The van der Waals surface area contributed by atoms with Crippen molar-refractivity contribution in [2.75, 3.05) is 6.79 Å². The van der Waals surface area contributed by atoms with Crippen molar-refractivity contribution in [3.05, 3.63) is 52.8 Å². The normalized spacial score (nSPS) is 13.1. The van der Waals surface area contributed by atoms with E-state index >= 15 is 0 Å². The van der Waals surface area contributed by atoms with Gasteiger partial charge in [0.05, 0.1) is 16.3 Å². The van der Waals surface area contributed by atoms with E-state index in [-0.39, 0.29) is 6.79 Å². The molecule has 0 fully saturated rings. The van der Waals surface area contributed by atoms with E-state index in [1.165, 1.54) is 0 Å². The molecule has 0 amide bonds. The lowest BCUT2D eigenvalue weighted by molar-refractivity contribution is 0.174. The van der Waals surface area contributed by atoms with Crippen molar-refractivity contribution in [1.29, 1.82) is 5.26 Å². The second-order valence-electron chi connectivity index (χ2n) is 4.12. The Labute approximate surface area is 120 Å². The third kappa shape index (κ3) is 2.31. The Morgan fingerprint density at radius 2 is 2.25 bits per heavy atom. The van der Waals surface area contributed by atoms with Gasteiger partial charge in [-0.15, -0.1) is 0 Å². The number of hydrogen-bond donors (Lipinski definition) is 0. The fourth-order valence-electron chi connectivity index (χ4n) is 1.92. The summed E-state index contributed by atoms with van der Waals surface area (Å²) < 4.78 is 10.6. The number of allylic oxidation sites excluding steroid dienone is 1. The first-order valence-electron chi connectivity index (χ1n) is 5.90. The zero-order valence-electron chi connectivity index (χ0n) is 10.3. The fourth-order valence-corrected chi connectivity index (χ4v) is 2.20. The van der Waals surface area contributed by atoms with Crippen LogP contribution in [0.4, 0.5) is 0 Å². The highest BCUT2D eigenvalue weighted by Crippen LogP contribution is 2.40. The Hall–Kier alpha value is -2.51. The Bertz CT molecular complexity index is 721. The summed E-state index contributed by atoms with van der Waals surface area (Å²) in [6.45, 7) is 0.160. The highest BCUT2D eigenvalue weighted by Gasteiger charge is 2.18. The number of nitrogens with zero attached hydrogens (tertiary/aromatic N) is 2. The van der Waals surface area contributed by atoms with Crippen LogP contribution in [0.25, 0.3) is 11.6 Å². The standard InChI is InChI=1S/C15H9ClN2O2/c16-12-6-10(7-14-15(12)20-9-19-14)5-11(8-17)13-3-1-2-4-18-13/h1-7H,9H2/b11-5+. The molecule has 4 nitrogen and oxygen atoms in total. The van der Waals surface area contributed by atoms with E-state index < -0.39 is 0 Å². The molecule has 5 heteroatoms. The SMILES string of the molecule is N#C/C(=C\c1cc(Cl)c2c(c1)OCO2)c1ccccn1. The number of fused-ring (bicyclic) bond motifs is 1. The van der Waals surface area contributed by atoms with E-state index in [1.54, 1.807) is 36.5 Å². The number of pyridine rings is 1. The van der Waals surface area contributed by atoms with Crippen LogP contribution in [0.1, 0.15) is 11.3 Å². The maximum Gasteiger partial charge on any atom is 0.231 e. The average molecular weight is 285 g/mol. The molecule has 1 aliphatic rings. The second-order valence-corrected chi connectivity index (χ2v) is 4.53. The first-order chi connectivity index (χ1) is 9.78. The van der Waals surface area contributed by atoms with E-state index in [0.29, 0.717) is 27.8 Å². The highest BCUT2D eigenvalue weighted by atomic mass is 35.5. The van der Waals surface area contributed by atoms with Crippen LogP contribution in [0.15, 0.2) is 36.5 Å². The summed E-state index contributed by atoms with van der Waals surface area (Å²) in [5.74, 6) is 1.13. The van der Waals surface area contributed by atoms with Gasteiger partial charge in [0, 0.05) is 6.20 Å². The molecule has 0 radical (unpaired) electrons. The molecule has 0 N–H and O–H groups in total. The van der Waals surface area contributed by atoms with Gasteiger partial charge >= 0.3 is 0 Å². The van der Waals surface area contributed by atoms with Crippen molar-refractivity contribution in [2.24, 2.45) is 0 Å².